The lowest BCUT2D eigenvalue weighted by molar-refractivity contribution is -0.253. The zero-order valence-electron chi connectivity index (χ0n) is 39.0. The number of rotatable bonds is 27. The summed E-state index contributed by atoms with van der Waals surface area (Å²) in [7, 11) is 1.76. The molecule has 0 bridgehead atoms. The average Bonchev–Trinajstić information content (AvgIpc) is 3.27. The summed E-state index contributed by atoms with van der Waals surface area (Å²) in [6, 6.07) is 11.7. The molecule has 0 radical (unpaired) electrons. The van der Waals surface area contributed by atoms with E-state index >= 15 is 0 Å². The van der Waals surface area contributed by atoms with Gasteiger partial charge in [-0.2, -0.15) is 0 Å². The summed E-state index contributed by atoms with van der Waals surface area (Å²) in [6.07, 6.45) is 20.3. The van der Waals surface area contributed by atoms with Crippen molar-refractivity contribution in [2.24, 2.45) is 22.9 Å². The van der Waals surface area contributed by atoms with Crippen LogP contribution in [0.4, 0.5) is 9.18 Å². The molecule has 6 unspecified atom stereocenters. The number of oxime groups is 1. The molecule has 5 rings (SSSR count). The molecule has 1 aliphatic heterocycles. The third kappa shape index (κ3) is 13.6. The van der Waals surface area contributed by atoms with Gasteiger partial charge in [-0.25, -0.2) is 9.18 Å². The lowest BCUT2D eigenvalue weighted by atomic mass is 9.55. The van der Waals surface area contributed by atoms with Crippen LogP contribution in [-0.4, -0.2) is 77.8 Å². The zero-order chi connectivity index (χ0) is 45.2. The maximum absolute atomic E-state index is 14.7. The van der Waals surface area contributed by atoms with Gasteiger partial charge in [0.05, 0.1) is 24.8 Å². The van der Waals surface area contributed by atoms with E-state index in [2.05, 4.69) is 19.6 Å². The van der Waals surface area contributed by atoms with Crippen LogP contribution in [0.2, 0.25) is 0 Å². The van der Waals surface area contributed by atoms with Gasteiger partial charge in [0.25, 0.3) is 0 Å². The predicted molar refractivity (Wildman–Crippen MR) is 247 cm³/mol. The van der Waals surface area contributed by atoms with Gasteiger partial charge >= 0.3 is 6.09 Å². The van der Waals surface area contributed by atoms with Crippen molar-refractivity contribution < 1.29 is 43.2 Å². The number of unbranched alkanes of at least 4 members (excludes halogenated alkanes) is 11. The van der Waals surface area contributed by atoms with E-state index in [0.29, 0.717) is 36.5 Å². The summed E-state index contributed by atoms with van der Waals surface area (Å²) in [4.78, 5) is 22.0. The van der Waals surface area contributed by atoms with E-state index < -0.39 is 29.4 Å². The molecule has 1 heterocycles. The summed E-state index contributed by atoms with van der Waals surface area (Å²) in [5, 5.41) is 24.7. The summed E-state index contributed by atoms with van der Waals surface area (Å²) in [6.45, 7) is 12.9. The Bertz CT molecular complexity index is 1790. The monoisotopic (exact) mass is 877 g/mol. The highest BCUT2D eigenvalue weighted by atomic mass is 19.1. The second-order valence-corrected chi connectivity index (χ2v) is 18.8. The Kier molecular flexibility index (Phi) is 19.8. The molecular weight excluding hydrogens is 800 g/mol. The number of nitrogens with zero attached hydrogens (tertiary/aromatic N) is 2. The fraction of sp³-hybridized carbons (Fsp3) is 0.654. The Morgan fingerprint density at radius 3 is 2.30 bits per heavy atom. The van der Waals surface area contributed by atoms with Gasteiger partial charge in [0.2, 0.25) is 5.79 Å². The number of carbonyl (C=O) groups excluding carboxylic acids is 1. The Morgan fingerprint density at radius 2 is 1.63 bits per heavy atom. The minimum absolute atomic E-state index is 0.0523. The van der Waals surface area contributed by atoms with Crippen molar-refractivity contribution in [3.63, 3.8) is 0 Å². The summed E-state index contributed by atoms with van der Waals surface area (Å²) in [5.41, 5.74) is 2.47. The van der Waals surface area contributed by atoms with Crippen LogP contribution >= 0.6 is 0 Å². The maximum Gasteiger partial charge on any atom is 0.409 e. The van der Waals surface area contributed by atoms with Crippen molar-refractivity contribution in [3.8, 4) is 11.5 Å². The first-order chi connectivity index (χ1) is 30.5. The largest absolute Gasteiger partial charge is 0.489 e. The number of aliphatic hydroxyl groups excluding tert-OH is 2. The number of fused-ring (bicyclic) bond motifs is 2. The third-order valence-corrected chi connectivity index (χ3v) is 12.9. The average molecular weight is 877 g/mol. The molecule has 2 aliphatic carbocycles. The lowest BCUT2D eigenvalue weighted by Crippen LogP contribution is -2.69. The van der Waals surface area contributed by atoms with Gasteiger partial charge in [0, 0.05) is 43.7 Å². The van der Waals surface area contributed by atoms with Crippen molar-refractivity contribution in [1.29, 1.82) is 0 Å². The van der Waals surface area contributed by atoms with Gasteiger partial charge in [-0.05, 0) is 94.5 Å². The molecule has 1 fully saturated rings. The molecule has 1 amide bonds. The van der Waals surface area contributed by atoms with Crippen LogP contribution in [0.15, 0.2) is 71.9 Å². The number of hydrogen-bond acceptors (Lipinski definition) is 9. The van der Waals surface area contributed by atoms with Crippen LogP contribution in [0.5, 0.6) is 11.5 Å². The van der Waals surface area contributed by atoms with Crippen LogP contribution < -0.4 is 9.47 Å². The van der Waals surface area contributed by atoms with E-state index in [1.807, 2.05) is 39.0 Å². The highest BCUT2D eigenvalue weighted by molar-refractivity contribution is 6.03. The molecule has 2 N–H and O–H groups in total. The number of benzene rings is 2. The summed E-state index contributed by atoms with van der Waals surface area (Å²) in [5.74, 6) is -1.06. The molecule has 1 saturated carbocycles. The van der Waals surface area contributed by atoms with Crippen LogP contribution in [0.1, 0.15) is 154 Å². The normalized spacial score (nSPS) is 23.3. The molecule has 0 saturated heterocycles. The van der Waals surface area contributed by atoms with Crippen molar-refractivity contribution in [2.45, 2.75) is 167 Å². The fourth-order valence-electron chi connectivity index (χ4n) is 9.76. The van der Waals surface area contributed by atoms with E-state index in [4.69, 9.17) is 28.9 Å². The molecule has 3 aliphatic rings. The van der Waals surface area contributed by atoms with Gasteiger partial charge < -0.3 is 38.9 Å². The zero-order valence-corrected chi connectivity index (χ0v) is 39.0. The quantitative estimate of drug-likeness (QED) is 0.0517. The SMILES string of the molecule is C=CCOC12Oc3ccc(OCc4ccccc4F)cc3C3C(CCCCO)C(CCCCO)C=C(C(=NOC(C)(C)C)CC1N(C)C(=O)OCCCCCCCCCCCC)C32. The lowest BCUT2D eigenvalue weighted by Gasteiger charge is -2.59. The van der Waals surface area contributed by atoms with E-state index in [9.17, 15) is 19.4 Å². The number of carbonyl (C=O) groups is 1. The smallest absolute Gasteiger partial charge is 0.409 e. The first-order valence-corrected chi connectivity index (χ1v) is 24.0. The summed E-state index contributed by atoms with van der Waals surface area (Å²) >= 11 is 0. The van der Waals surface area contributed by atoms with Gasteiger partial charge in [-0.15, -0.1) is 6.58 Å². The molecule has 10 nitrogen and oxygen atoms in total. The molecule has 11 heteroatoms. The van der Waals surface area contributed by atoms with E-state index in [0.717, 1.165) is 61.8 Å². The van der Waals surface area contributed by atoms with Gasteiger partial charge in [0.1, 0.15) is 35.6 Å². The minimum atomic E-state index is -1.38. The molecular formula is C52H77FN2O8. The molecule has 63 heavy (non-hydrogen) atoms. The second-order valence-electron chi connectivity index (χ2n) is 18.8. The first-order valence-electron chi connectivity index (χ1n) is 24.0. The third-order valence-electron chi connectivity index (χ3n) is 12.9. The van der Waals surface area contributed by atoms with Gasteiger partial charge in [0.15, 0.2) is 0 Å². The Hall–Kier alpha value is -3.93. The molecule has 2 aromatic rings. The number of aliphatic hydroxyl groups is 2. The van der Waals surface area contributed by atoms with Crippen molar-refractivity contribution >= 4 is 11.8 Å². The standard InChI is InChI=1S/C52H77FN2O8/c1-7-9-10-11-12-13-14-15-16-23-33-59-50(58)55(6)47-36-45(54-63-51(3,4)5)42-34-38(24-19-21-30-56)41(26-20-22-31-57)48-43-35-40(60-37-39-25-17-18-27-44(39)53)28-29-46(43)62-52(47,49(42)48)61-32-8-2/h8,17-18,25,27-29,34-35,38,41,47-49,56-57H,2,7,9-16,19-24,26,30-33,36-37H2,1,3-6H3. The van der Waals surface area contributed by atoms with Crippen LogP contribution in [0.25, 0.3) is 0 Å². The second kappa shape index (κ2) is 24.9. The summed E-state index contributed by atoms with van der Waals surface area (Å²) < 4.78 is 41.3. The van der Waals surface area contributed by atoms with Crippen molar-refractivity contribution in [1.82, 2.24) is 4.90 Å². The molecule has 6 atom stereocenters. The Labute approximate surface area is 377 Å². The van der Waals surface area contributed by atoms with Crippen LogP contribution in [0.3, 0.4) is 0 Å². The van der Waals surface area contributed by atoms with E-state index in [1.54, 1.807) is 36.2 Å². The fourth-order valence-corrected chi connectivity index (χ4v) is 9.76. The molecule has 350 valence electrons. The van der Waals surface area contributed by atoms with Gasteiger partial charge in [-0.3, -0.25) is 0 Å². The minimum Gasteiger partial charge on any atom is -0.489 e. The van der Waals surface area contributed by atoms with E-state index in [1.165, 1.54) is 51.0 Å². The first kappa shape index (κ1) is 50.1. The number of likely N-dealkylation sites (N-methyl/N-ethyl adjacent to an activating group) is 1. The maximum atomic E-state index is 14.7. The van der Waals surface area contributed by atoms with Crippen LogP contribution in [0, 0.1) is 23.6 Å². The highest BCUT2D eigenvalue weighted by Gasteiger charge is 2.65. The Morgan fingerprint density at radius 1 is 0.952 bits per heavy atom. The predicted octanol–water partition coefficient (Wildman–Crippen LogP) is 11.8. The molecule has 0 aromatic heterocycles. The highest BCUT2D eigenvalue weighted by Crippen LogP contribution is 2.62. The van der Waals surface area contributed by atoms with Crippen LogP contribution in [-0.2, 0) is 20.9 Å². The van der Waals surface area contributed by atoms with Crippen molar-refractivity contribution in [2.75, 3.05) is 33.5 Å². The number of hydrogen-bond donors (Lipinski definition) is 2. The molecule has 0 spiro atoms. The number of halogens is 1. The van der Waals surface area contributed by atoms with E-state index in [-0.39, 0.29) is 56.4 Å². The number of amides is 1. The topological polar surface area (TPSA) is 119 Å². The number of allylic oxidation sites excluding steroid dienone is 1. The van der Waals surface area contributed by atoms with Crippen molar-refractivity contribution in [3.05, 3.63) is 83.7 Å². The Balaban J connectivity index is 1.54. The van der Waals surface area contributed by atoms with Gasteiger partial charge in [-0.1, -0.05) is 113 Å². The molecule has 2 aromatic carbocycles. The number of ether oxygens (including phenoxy) is 4.